The molecule has 0 rings (SSSR count). The Morgan fingerprint density at radius 2 is 0.656 bits per heavy atom. The number of phosphoric acid groups is 1. The molecular weight excluding hydrogens is 1160 g/mol. The molecule has 0 saturated carbocycles. The molecule has 0 aliphatic rings. The third kappa shape index (κ3) is 76.7. The smallest absolute Gasteiger partial charge is 0.268 e. The first-order valence-corrected chi connectivity index (χ1v) is 41.6. The van der Waals surface area contributed by atoms with Crippen LogP contribution in [0, 0.1) is 0 Å². The molecule has 0 aliphatic heterocycles. The van der Waals surface area contributed by atoms with Gasteiger partial charge in [-0.25, -0.2) is 0 Å². The summed E-state index contributed by atoms with van der Waals surface area (Å²) in [7, 11) is 1.27. The molecule has 1 amide bonds. The number of likely N-dealkylation sites (N-methyl/N-ethyl adjacent to an activating group) is 1. The summed E-state index contributed by atoms with van der Waals surface area (Å²) in [6.45, 7) is 4.58. The second-order valence-corrected chi connectivity index (χ2v) is 29.8. The number of unbranched alkanes of at least 4 members (excludes halogenated alkanes) is 47. The lowest BCUT2D eigenvalue weighted by atomic mass is 10.0. The molecule has 0 fully saturated rings. The molecule has 0 radical (unpaired) electrons. The van der Waals surface area contributed by atoms with Gasteiger partial charge in [0.05, 0.1) is 39.9 Å². The number of quaternary nitrogens is 1. The summed E-state index contributed by atoms with van der Waals surface area (Å²) in [6.07, 6.45) is 107. The van der Waals surface area contributed by atoms with Crippen molar-refractivity contribution in [3.8, 4) is 0 Å². The van der Waals surface area contributed by atoms with E-state index < -0.39 is 20.0 Å². The molecular formula is C84H155N2O6P. The van der Waals surface area contributed by atoms with Gasteiger partial charge in [-0.15, -0.1) is 0 Å². The number of amides is 1. The van der Waals surface area contributed by atoms with Crippen molar-refractivity contribution < 1.29 is 32.9 Å². The van der Waals surface area contributed by atoms with Gasteiger partial charge in [-0.2, -0.15) is 0 Å². The molecule has 0 aliphatic carbocycles. The molecule has 0 bridgehead atoms. The summed E-state index contributed by atoms with van der Waals surface area (Å²) in [4.78, 5) is 25.7. The topological polar surface area (TPSA) is 108 Å². The van der Waals surface area contributed by atoms with Gasteiger partial charge in [0.1, 0.15) is 13.2 Å². The fourth-order valence-corrected chi connectivity index (χ4v) is 12.6. The quantitative estimate of drug-likeness (QED) is 0.0272. The Kier molecular flexibility index (Phi) is 71.6. The van der Waals surface area contributed by atoms with Crippen LogP contribution in [0.2, 0.25) is 0 Å². The van der Waals surface area contributed by atoms with Crippen molar-refractivity contribution in [2.45, 2.75) is 392 Å². The van der Waals surface area contributed by atoms with Gasteiger partial charge in [-0.1, -0.05) is 394 Å². The van der Waals surface area contributed by atoms with E-state index in [9.17, 15) is 19.4 Å². The standard InChI is InChI=1S/C84H155N2O6P/c1-6-8-10-12-14-16-18-20-22-24-26-28-30-32-34-36-38-40-41-42-43-44-45-46-48-50-52-54-56-58-60-62-64-66-68-70-72-74-76-78-84(88)85-82(81-92-93(89,90)91-80-79-86(3,4)5)83(87)77-75-73-71-69-67-65-63-61-59-57-55-53-51-49-47-39-37-35-33-31-29-27-25-23-21-19-17-15-13-11-9-7-2/h8,10,14,16,20,22,26,28,32,34,38,40,42-43,75,77,82-83,87H,6-7,9,11-13,15,17-19,21,23-25,27,29-31,33,35-37,39,41,44-74,76,78-81H2,1-5H3,(H-,85,88,89,90)/b10-8-,16-14-,22-20-,28-26-,34-32-,40-38-,43-42-,77-75+. The van der Waals surface area contributed by atoms with Gasteiger partial charge in [0.2, 0.25) is 5.91 Å². The minimum absolute atomic E-state index is 0.00217. The molecule has 2 N–H and O–H groups in total. The summed E-state index contributed by atoms with van der Waals surface area (Å²) in [5.41, 5.74) is 0. The van der Waals surface area contributed by atoms with Crippen molar-refractivity contribution >= 4 is 13.7 Å². The van der Waals surface area contributed by atoms with Crippen LogP contribution in [0.1, 0.15) is 380 Å². The van der Waals surface area contributed by atoms with Crippen molar-refractivity contribution in [1.29, 1.82) is 0 Å². The highest BCUT2D eigenvalue weighted by atomic mass is 31.2. The van der Waals surface area contributed by atoms with Gasteiger partial charge in [0, 0.05) is 6.42 Å². The van der Waals surface area contributed by atoms with Gasteiger partial charge in [0.15, 0.2) is 0 Å². The Morgan fingerprint density at radius 3 is 0.957 bits per heavy atom. The summed E-state index contributed by atoms with van der Waals surface area (Å²) in [6, 6.07) is -0.892. The van der Waals surface area contributed by atoms with E-state index in [1.807, 2.05) is 27.2 Å². The lowest BCUT2D eigenvalue weighted by Crippen LogP contribution is -2.45. The van der Waals surface area contributed by atoms with Gasteiger partial charge in [-0.05, 0) is 77.0 Å². The zero-order valence-corrected chi connectivity index (χ0v) is 63.1. The Hall–Kier alpha value is -2.58. The minimum Gasteiger partial charge on any atom is -0.756 e. The highest BCUT2D eigenvalue weighted by Gasteiger charge is 2.23. The van der Waals surface area contributed by atoms with Crippen LogP contribution < -0.4 is 10.2 Å². The van der Waals surface area contributed by atoms with E-state index in [0.29, 0.717) is 17.4 Å². The number of hydrogen-bond donors (Lipinski definition) is 2. The predicted octanol–water partition coefficient (Wildman–Crippen LogP) is 25.8. The zero-order valence-electron chi connectivity index (χ0n) is 62.2. The van der Waals surface area contributed by atoms with E-state index >= 15 is 0 Å². The molecule has 9 heteroatoms. The second kappa shape index (κ2) is 73.7. The normalized spacial score (nSPS) is 14.0. The van der Waals surface area contributed by atoms with E-state index in [0.717, 1.165) is 83.5 Å². The number of hydrogen-bond acceptors (Lipinski definition) is 6. The Labute approximate surface area is 579 Å². The molecule has 3 unspecified atom stereocenters. The monoisotopic (exact) mass is 1320 g/mol. The molecule has 0 spiro atoms. The number of aliphatic hydroxyl groups excluding tert-OH is 1. The van der Waals surface area contributed by atoms with E-state index in [4.69, 9.17) is 9.05 Å². The second-order valence-electron chi connectivity index (χ2n) is 28.4. The first-order valence-electron chi connectivity index (χ1n) is 40.1. The average molecular weight is 1320 g/mol. The number of phosphoric ester groups is 1. The third-order valence-electron chi connectivity index (χ3n) is 18.0. The first kappa shape index (κ1) is 90.4. The average Bonchev–Trinajstić information content (AvgIpc) is 1.94. The summed E-state index contributed by atoms with van der Waals surface area (Å²) < 4.78 is 23.5. The Bertz CT molecular complexity index is 1840. The largest absolute Gasteiger partial charge is 0.756 e. The van der Waals surface area contributed by atoms with Crippen molar-refractivity contribution in [1.82, 2.24) is 5.32 Å². The number of carbonyl (C=O) groups excluding carboxylic acids is 1. The van der Waals surface area contributed by atoms with Crippen LogP contribution in [0.4, 0.5) is 0 Å². The summed E-state index contributed by atoms with van der Waals surface area (Å²) in [5.74, 6) is -0.193. The number of rotatable bonds is 74. The van der Waals surface area contributed by atoms with Crippen molar-refractivity contribution in [3.63, 3.8) is 0 Å². The lowest BCUT2D eigenvalue weighted by Gasteiger charge is -2.29. The minimum atomic E-state index is -4.61. The predicted molar refractivity (Wildman–Crippen MR) is 408 cm³/mol. The van der Waals surface area contributed by atoms with E-state index in [-0.39, 0.29) is 19.1 Å². The number of allylic oxidation sites excluding steroid dienone is 15. The van der Waals surface area contributed by atoms with Crippen LogP contribution >= 0.6 is 7.82 Å². The molecule has 0 aromatic carbocycles. The molecule has 0 saturated heterocycles. The van der Waals surface area contributed by atoms with Crippen LogP contribution in [0.5, 0.6) is 0 Å². The number of nitrogens with zero attached hydrogens (tertiary/aromatic N) is 1. The van der Waals surface area contributed by atoms with Crippen molar-refractivity contribution in [2.24, 2.45) is 0 Å². The number of aliphatic hydroxyl groups is 1. The van der Waals surface area contributed by atoms with Crippen LogP contribution in [0.3, 0.4) is 0 Å². The van der Waals surface area contributed by atoms with Gasteiger partial charge >= 0.3 is 0 Å². The lowest BCUT2D eigenvalue weighted by molar-refractivity contribution is -0.870. The molecule has 0 heterocycles. The maximum absolute atomic E-state index is 13.1. The fourth-order valence-electron chi connectivity index (χ4n) is 11.9. The van der Waals surface area contributed by atoms with E-state index in [1.165, 1.54) is 276 Å². The highest BCUT2D eigenvalue weighted by Crippen LogP contribution is 2.38. The zero-order chi connectivity index (χ0) is 67.6. The van der Waals surface area contributed by atoms with Gasteiger partial charge < -0.3 is 28.8 Å². The Balaban J connectivity index is 3.99. The first-order chi connectivity index (χ1) is 45.5. The fraction of sp³-hybridized carbons (Fsp3) is 0.798. The molecule has 0 aromatic heterocycles. The summed E-state index contributed by atoms with van der Waals surface area (Å²) in [5, 5.41) is 14.0. The SMILES string of the molecule is CC/C=C\C/C=C\C/C=C\C/C=C\C/C=C\C/C=C\C/C=C\CCCCCCCCCCCCCCCCCCCC(=O)NC(COP(=O)([O-])OCC[N+](C)(C)C)C(O)/C=C/CCCCCCCCCCCCCCCCCCCCCCCCCCCCCCCC. The Morgan fingerprint density at radius 1 is 0.387 bits per heavy atom. The molecule has 0 aromatic rings. The molecule has 3 atom stereocenters. The van der Waals surface area contributed by atoms with Gasteiger partial charge in [-0.3, -0.25) is 9.36 Å². The van der Waals surface area contributed by atoms with E-state index in [1.54, 1.807) is 6.08 Å². The maximum Gasteiger partial charge on any atom is 0.268 e. The van der Waals surface area contributed by atoms with Crippen LogP contribution in [-0.4, -0.2) is 68.5 Å². The van der Waals surface area contributed by atoms with Crippen LogP contribution in [0.15, 0.2) is 97.2 Å². The number of nitrogens with one attached hydrogen (secondary N) is 1. The molecule has 542 valence electrons. The maximum atomic E-state index is 13.1. The molecule has 93 heavy (non-hydrogen) atoms. The third-order valence-corrected chi connectivity index (χ3v) is 19.0. The van der Waals surface area contributed by atoms with Crippen LogP contribution in [0.25, 0.3) is 0 Å². The molecule has 8 nitrogen and oxygen atoms in total. The van der Waals surface area contributed by atoms with Crippen molar-refractivity contribution in [3.05, 3.63) is 97.2 Å². The van der Waals surface area contributed by atoms with E-state index in [2.05, 4.69) is 104 Å². The van der Waals surface area contributed by atoms with Gasteiger partial charge in [0.25, 0.3) is 7.82 Å². The number of carbonyl (C=O) groups is 1. The van der Waals surface area contributed by atoms with Crippen molar-refractivity contribution in [2.75, 3.05) is 40.9 Å². The summed E-state index contributed by atoms with van der Waals surface area (Å²) >= 11 is 0. The van der Waals surface area contributed by atoms with Crippen LogP contribution in [-0.2, 0) is 18.4 Å². The highest BCUT2D eigenvalue weighted by molar-refractivity contribution is 7.45.